The molecular formula is C14H21NO4. The molecule has 0 N–H and O–H groups in total. The summed E-state index contributed by atoms with van der Waals surface area (Å²) in [6, 6.07) is 0. The fraction of sp³-hybridized carbons (Fsp3) is 0.929. The topological polar surface area (TPSA) is 69.4 Å². The van der Waals surface area contributed by atoms with Crippen molar-refractivity contribution in [2.75, 3.05) is 7.11 Å². The Kier molecular flexibility index (Phi) is 3.02. The molecule has 0 radical (unpaired) electrons. The molecule has 0 aliphatic heterocycles. The first-order valence-electron chi connectivity index (χ1n) is 7.27. The monoisotopic (exact) mass is 267 g/mol. The van der Waals surface area contributed by atoms with Crippen molar-refractivity contribution >= 4 is 5.97 Å². The zero-order chi connectivity index (χ0) is 13.6. The van der Waals surface area contributed by atoms with Gasteiger partial charge in [-0.1, -0.05) is 0 Å². The van der Waals surface area contributed by atoms with E-state index < -0.39 is 5.54 Å². The van der Waals surface area contributed by atoms with Gasteiger partial charge in [-0.15, -0.1) is 0 Å². The van der Waals surface area contributed by atoms with Crippen LogP contribution in [0.5, 0.6) is 0 Å². The Morgan fingerprint density at radius 2 is 1.74 bits per heavy atom. The van der Waals surface area contributed by atoms with Gasteiger partial charge in [0.2, 0.25) is 5.54 Å². The van der Waals surface area contributed by atoms with Crippen LogP contribution in [0.2, 0.25) is 0 Å². The standard InChI is InChI=1S/C14H21NO4/c1-19-13(16)2-3-14(15(17)18)11-5-9-4-10(7-11)8-12(14)6-9/h9-12H,2-8H2,1H3. The third-order valence-electron chi connectivity index (χ3n) is 5.85. The first kappa shape index (κ1) is 12.9. The number of rotatable bonds is 4. The highest BCUT2D eigenvalue weighted by molar-refractivity contribution is 5.69. The molecule has 106 valence electrons. The highest BCUT2D eigenvalue weighted by atomic mass is 16.6. The number of carbonyl (C=O) groups excluding carboxylic acids is 1. The van der Waals surface area contributed by atoms with E-state index in [1.807, 2.05) is 0 Å². The molecule has 0 aromatic heterocycles. The summed E-state index contributed by atoms with van der Waals surface area (Å²) in [5, 5.41) is 11.8. The van der Waals surface area contributed by atoms with E-state index in [-0.39, 0.29) is 29.1 Å². The molecule has 0 heterocycles. The van der Waals surface area contributed by atoms with Crippen LogP contribution in [0.1, 0.15) is 44.9 Å². The fourth-order valence-corrected chi connectivity index (χ4v) is 5.20. The van der Waals surface area contributed by atoms with E-state index >= 15 is 0 Å². The number of methoxy groups -OCH3 is 1. The van der Waals surface area contributed by atoms with E-state index in [1.54, 1.807) is 0 Å². The SMILES string of the molecule is COC(=O)CCC1([N+](=O)[O-])C2CC3CC(C2)CC1C3. The van der Waals surface area contributed by atoms with E-state index in [4.69, 9.17) is 0 Å². The molecule has 4 rings (SSSR count). The maximum atomic E-state index is 11.8. The lowest BCUT2D eigenvalue weighted by Crippen LogP contribution is -2.61. The van der Waals surface area contributed by atoms with Crippen molar-refractivity contribution in [2.45, 2.75) is 50.5 Å². The molecule has 4 saturated carbocycles. The summed E-state index contributed by atoms with van der Waals surface area (Å²) in [5.41, 5.74) is -0.846. The molecule has 0 saturated heterocycles. The Balaban J connectivity index is 1.84. The van der Waals surface area contributed by atoms with Gasteiger partial charge in [0.15, 0.2) is 0 Å². The van der Waals surface area contributed by atoms with Crippen molar-refractivity contribution in [3.63, 3.8) is 0 Å². The lowest BCUT2D eigenvalue weighted by Gasteiger charge is -2.56. The fourth-order valence-electron chi connectivity index (χ4n) is 5.20. The number of esters is 1. The maximum Gasteiger partial charge on any atom is 0.305 e. The first-order chi connectivity index (χ1) is 9.06. The van der Waals surface area contributed by atoms with Crippen molar-refractivity contribution < 1.29 is 14.5 Å². The van der Waals surface area contributed by atoms with Crippen LogP contribution in [-0.4, -0.2) is 23.5 Å². The summed E-state index contributed by atoms with van der Waals surface area (Å²) in [6.45, 7) is 0. The zero-order valence-electron chi connectivity index (χ0n) is 11.3. The lowest BCUT2D eigenvalue weighted by molar-refractivity contribution is -0.605. The van der Waals surface area contributed by atoms with Gasteiger partial charge in [-0.2, -0.15) is 0 Å². The molecule has 0 unspecified atom stereocenters. The van der Waals surface area contributed by atoms with Crippen LogP contribution < -0.4 is 0 Å². The average molecular weight is 267 g/mol. The molecule has 0 spiro atoms. The van der Waals surface area contributed by atoms with Crippen LogP contribution in [0.4, 0.5) is 0 Å². The molecule has 0 aromatic rings. The van der Waals surface area contributed by atoms with E-state index in [1.165, 1.54) is 13.5 Å². The lowest BCUT2D eigenvalue weighted by atomic mass is 9.48. The average Bonchev–Trinajstić information content (AvgIpc) is 2.36. The molecule has 0 aromatic carbocycles. The number of carbonyl (C=O) groups is 1. The molecule has 4 bridgehead atoms. The minimum Gasteiger partial charge on any atom is -0.469 e. The van der Waals surface area contributed by atoms with E-state index in [9.17, 15) is 14.9 Å². The smallest absolute Gasteiger partial charge is 0.305 e. The van der Waals surface area contributed by atoms with Crippen LogP contribution in [0.15, 0.2) is 0 Å². The number of nitrogens with zero attached hydrogens (tertiary/aromatic N) is 1. The Hall–Kier alpha value is -1.13. The summed E-state index contributed by atoms with van der Waals surface area (Å²) in [5.74, 6) is 1.45. The van der Waals surface area contributed by atoms with Gasteiger partial charge in [-0.05, 0) is 43.9 Å². The van der Waals surface area contributed by atoms with Gasteiger partial charge in [0.25, 0.3) is 0 Å². The second kappa shape index (κ2) is 4.46. The molecule has 19 heavy (non-hydrogen) atoms. The third-order valence-corrected chi connectivity index (χ3v) is 5.85. The van der Waals surface area contributed by atoms with Crippen molar-refractivity contribution in [3.8, 4) is 0 Å². The van der Waals surface area contributed by atoms with Gasteiger partial charge in [0.05, 0.1) is 13.5 Å². The van der Waals surface area contributed by atoms with Gasteiger partial charge < -0.3 is 4.74 Å². The van der Waals surface area contributed by atoms with Gasteiger partial charge in [0, 0.05) is 23.2 Å². The molecule has 4 fully saturated rings. The maximum absolute atomic E-state index is 11.8. The third kappa shape index (κ3) is 1.85. The summed E-state index contributed by atoms with van der Waals surface area (Å²) in [6.07, 6.45) is 5.80. The van der Waals surface area contributed by atoms with Crippen molar-refractivity contribution in [2.24, 2.45) is 23.7 Å². The zero-order valence-corrected chi connectivity index (χ0v) is 11.3. The van der Waals surface area contributed by atoms with Crippen LogP contribution in [0, 0.1) is 33.8 Å². The second-order valence-corrected chi connectivity index (χ2v) is 6.63. The van der Waals surface area contributed by atoms with Gasteiger partial charge in [-0.25, -0.2) is 0 Å². The summed E-state index contributed by atoms with van der Waals surface area (Å²) in [7, 11) is 1.35. The predicted octanol–water partition coefficient (Wildman–Crippen LogP) is 2.41. The summed E-state index contributed by atoms with van der Waals surface area (Å²) >= 11 is 0. The number of nitro groups is 1. The molecule has 5 heteroatoms. The second-order valence-electron chi connectivity index (χ2n) is 6.63. The van der Waals surface area contributed by atoms with E-state index in [0.717, 1.165) is 25.7 Å². The Morgan fingerprint density at radius 3 is 2.16 bits per heavy atom. The van der Waals surface area contributed by atoms with E-state index in [0.29, 0.717) is 18.3 Å². The van der Waals surface area contributed by atoms with Crippen molar-refractivity contribution in [1.29, 1.82) is 0 Å². The molecular weight excluding hydrogens is 246 g/mol. The minimum atomic E-state index is -0.846. The van der Waals surface area contributed by atoms with Crippen molar-refractivity contribution in [3.05, 3.63) is 10.1 Å². The van der Waals surface area contributed by atoms with Crippen LogP contribution >= 0.6 is 0 Å². The molecule has 0 amide bonds. The molecule has 4 aliphatic rings. The van der Waals surface area contributed by atoms with Gasteiger partial charge >= 0.3 is 5.97 Å². The van der Waals surface area contributed by atoms with Gasteiger partial charge in [-0.3, -0.25) is 14.9 Å². The highest BCUT2D eigenvalue weighted by Gasteiger charge is 2.64. The largest absolute Gasteiger partial charge is 0.469 e. The number of hydrogen-bond donors (Lipinski definition) is 0. The number of hydrogen-bond acceptors (Lipinski definition) is 4. The van der Waals surface area contributed by atoms with Crippen LogP contribution in [-0.2, 0) is 9.53 Å². The molecule has 4 aliphatic carbocycles. The van der Waals surface area contributed by atoms with Crippen LogP contribution in [0.25, 0.3) is 0 Å². The highest BCUT2D eigenvalue weighted by Crippen LogP contribution is 2.60. The summed E-state index contributed by atoms with van der Waals surface area (Å²) in [4.78, 5) is 23.1. The van der Waals surface area contributed by atoms with E-state index in [2.05, 4.69) is 4.74 Å². The Morgan fingerprint density at radius 1 is 1.21 bits per heavy atom. The Labute approximate surface area is 112 Å². The van der Waals surface area contributed by atoms with Crippen molar-refractivity contribution in [1.82, 2.24) is 0 Å². The predicted molar refractivity (Wildman–Crippen MR) is 68.0 cm³/mol. The van der Waals surface area contributed by atoms with Crippen LogP contribution in [0.3, 0.4) is 0 Å². The van der Waals surface area contributed by atoms with Gasteiger partial charge in [0.1, 0.15) is 0 Å². The normalized spacial score (nSPS) is 43.2. The molecule has 0 atom stereocenters. The number of ether oxygens (including phenoxy) is 1. The molecule has 5 nitrogen and oxygen atoms in total. The minimum absolute atomic E-state index is 0.0525. The first-order valence-corrected chi connectivity index (χ1v) is 7.27. The Bertz CT molecular complexity index is 378. The quantitative estimate of drug-likeness (QED) is 0.445. The summed E-state index contributed by atoms with van der Waals surface area (Å²) < 4.78 is 4.66.